The molecule has 2 aromatic carbocycles. The molecular weight excluding hydrogens is 330 g/mol. The van der Waals surface area contributed by atoms with Crippen molar-refractivity contribution in [2.75, 3.05) is 5.32 Å². The molecule has 1 atom stereocenters. The van der Waals surface area contributed by atoms with Crippen LogP contribution in [0.1, 0.15) is 52.6 Å². The molecule has 0 saturated heterocycles. The molecule has 5 nitrogen and oxygen atoms in total. The Morgan fingerprint density at radius 2 is 1.96 bits per heavy atom. The summed E-state index contributed by atoms with van der Waals surface area (Å²) in [7, 11) is 0. The predicted molar refractivity (Wildman–Crippen MR) is 98.4 cm³/mol. The standard InChI is InChI=1S/C21H21NO4/c1-4-14-8-9-18-16(10-14)12-21(3,26-19(18)24)20(25)22-17-7-5-6-15(11-17)13(2)23/h5-11H,4,12H2,1-3H3,(H,22,25). The number of carbonyl (C=O) groups excluding carboxylic acids is 3. The maximum atomic E-state index is 12.8. The van der Waals surface area contributed by atoms with Crippen molar-refractivity contribution in [2.45, 2.75) is 39.2 Å². The zero-order valence-corrected chi connectivity index (χ0v) is 15.1. The molecule has 0 fully saturated rings. The number of cyclic esters (lactones) is 1. The lowest BCUT2D eigenvalue weighted by Gasteiger charge is -2.33. The highest BCUT2D eigenvalue weighted by Gasteiger charge is 2.42. The van der Waals surface area contributed by atoms with Gasteiger partial charge in [0.1, 0.15) is 0 Å². The van der Waals surface area contributed by atoms with Crippen LogP contribution in [0, 0.1) is 0 Å². The van der Waals surface area contributed by atoms with Crippen molar-refractivity contribution in [3.05, 3.63) is 64.7 Å². The Kier molecular flexibility index (Phi) is 4.64. The molecule has 1 amide bonds. The van der Waals surface area contributed by atoms with Gasteiger partial charge in [-0.05, 0) is 49.6 Å². The molecule has 0 saturated carbocycles. The average molecular weight is 351 g/mol. The van der Waals surface area contributed by atoms with Crippen molar-refractivity contribution in [2.24, 2.45) is 0 Å². The Hall–Kier alpha value is -2.95. The summed E-state index contributed by atoms with van der Waals surface area (Å²) in [6, 6.07) is 12.3. The van der Waals surface area contributed by atoms with Gasteiger partial charge in [0, 0.05) is 17.7 Å². The molecule has 2 aromatic rings. The summed E-state index contributed by atoms with van der Waals surface area (Å²) in [5, 5.41) is 2.76. The van der Waals surface area contributed by atoms with Gasteiger partial charge in [-0.1, -0.05) is 31.2 Å². The number of esters is 1. The number of carbonyl (C=O) groups is 3. The van der Waals surface area contributed by atoms with Gasteiger partial charge in [-0.3, -0.25) is 9.59 Å². The van der Waals surface area contributed by atoms with Crippen molar-refractivity contribution < 1.29 is 19.1 Å². The SMILES string of the molecule is CCc1ccc2c(c1)CC(C)(C(=O)Nc1cccc(C(C)=O)c1)OC2=O. The van der Waals surface area contributed by atoms with E-state index in [1.807, 2.05) is 19.1 Å². The van der Waals surface area contributed by atoms with E-state index in [1.165, 1.54) is 6.92 Å². The zero-order valence-electron chi connectivity index (χ0n) is 15.1. The quantitative estimate of drug-likeness (QED) is 0.675. The first kappa shape index (κ1) is 17.9. The first-order valence-corrected chi connectivity index (χ1v) is 8.60. The highest BCUT2D eigenvalue weighted by atomic mass is 16.6. The number of aryl methyl sites for hydroxylation is 1. The third kappa shape index (κ3) is 3.38. The molecule has 0 bridgehead atoms. The number of hydrogen-bond acceptors (Lipinski definition) is 4. The van der Waals surface area contributed by atoms with Crippen molar-refractivity contribution in [1.29, 1.82) is 0 Å². The first-order valence-electron chi connectivity index (χ1n) is 8.60. The molecule has 1 unspecified atom stereocenters. The van der Waals surface area contributed by atoms with E-state index in [-0.39, 0.29) is 5.78 Å². The number of benzene rings is 2. The predicted octanol–water partition coefficient (Wildman–Crippen LogP) is 3.56. The van der Waals surface area contributed by atoms with Crippen molar-refractivity contribution in [3.8, 4) is 0 Å². The van der Waals surface area contributed by atoms with Gasteiger partial charge < -0.3 is 10.1 Å². The van der Waals surface area contributed by atoms with Crippen LogP contribution in [0.5, 0.6) is 0 Å². The molecule has 1 aliphatic heterocycles. The van der Waals surface area contributed by atoms with E-state index >= 15 is 0 Å². The maximum Gasteiger partial charge on any atom is 0.339 e. The number of ether oxygens (including phenoxy) is 1. The van der Waals surface area contributed by atoms with Crippen LogP contribution in [0.2, 0.25) is 0 Å². The Morgan fingerprint density at radius 3 is 2.65 bits per heavy atom. The Morgan fingerprint density at radius 1 is 1.19 bits per heavy atom. The number of amides is 1. The van der Waals surface area contributed by atoms with E-state index in [4.69, 9.17) is 4.74 Å². The molecule has 5 heteroatoms. The monoisotopic (exact) mass is 351 g/mol. The number of nitrogens with one attached hydrogen (secondary N) is 1. The second kappa shape index (κ2) is 6.75. The van der Waals surface area contributed by atoms with Crippen LogP contribution in [-0.2, 0) is 22.4 Å². The summed E-state index contributed by atoms with van der Waals surface area (Å²) < 4.78 is 5.47. The van der Waals surface area contributed by atoms with Gasteiger partial charge in [-0.25, -0.2) is 4.79 Å². The van der Waals surface area contributed by atoms with Gasteiger partial charge in [-0.15, -0.1) is 0 Å². The minimum atomic E-state index is -1.30. The smallest absolute Gasteiger partial charge is 0.339 e. The van der Waals surface area contributed by atoms with E-state index < -0.39 is 17.5 Å². The normalized spacial score (nSPS) is 18.7. The molecule has 1 N–H and O–H groups in total. The number of fused-ring (bicyclic) bond motifs is 1. The first-order chi connectivity index (χ1) is 12.3. The van der Waals surface area contributed by atoms with Gasteiger partial charge >= 0.3 is 5.97 Å². The Bertz CT molecular complexity index is 903. The second-order valence-electron chi connectivity index (χ2n) is 6.73. The van der Waals surface area contributed by atoms with Crippen LogP contribution in [0.3, 0.4) is 0 Å². The second-order valence-corrected chi connectivity index (χ2v) is 6.73. The number of anilines is 1. The third-order valence-electron chi connectivity index (χ3n) is 4.65. The molecule has 0 radical (unpaired) electrons. The molecule has 1 heterocycles. The van der Waals surface area contributed by atoms with Crippen LogP contribution in [0.4, 0.5) is 5.69 Å². The topological polar surface area (TPSA) is 72.5 Å². The molecule has 26 heavy (non-hydrogen) atoms. The van der Waals surface area contributed by atoms with Crippen molar-refractivity contribution in [1.82, 2.24) is 0 Å². The van der Waals surface area contributed by atoms with E-state index in [2.05, 4.69) is 5.32 Å². The van der Waals surface area contributed by atoms with E-state index in [9.17, 15) is 14.4 Å². The van der Waals surface area contributed by atoms with Gasteiger partial charge in [-0.2, -0.15) is 0 Å². The minimum absolute atomic E-state index is 0.0857. The molecule has 0 spiro atoms. The molecule has 1 aliphatic rings. The highest BCUT2D eigenvalue weighted by Crippen LogP contribution is 2.30. The summed E-state index contributed by atoms with van der Waals surface area (Å²) >= 11 is 0. The largest absolute Gasteiger partial charge is 0.445 e. The zero-order chi connectivity index (χ0) is 18.9. The molecule has 3 rings (SSSR count). The summed E-state index contributed by atoms with van der Waals surface area (Å²) in [4.78, 5) is 36.7. The van der Waals surface area contributed by atoms with Gasteiger partial charge in [0.15, 0.2) is 11.4 Å². The molecule has 0 aliphatic carbocycles. The van der Waals surface area contributed by atoms with Crippen LogP contribution >= 0.6 is 0 Å². The summed E-state index contributed by atoms with van der Waals surface area (Å²) in [5.74, 6) is -0.999. The van der Waals surface area contributed by atoms with Crippen LogP contribution in [0.15, 0.2) is 42.5 Å². The minimum Gasteiger partial charge on any atom is -0.445 e. The fourth-order valence-electron chi connectivity index (χ4n) is 3.08. The van der Waals surface area contributed by atoms with Crippen molar-refractivity contribution in [3.63, 3.8) is 0 Å². The molecule has 0 aromatic heterocycles. The fraction of sp³-hybridized carbons (Fsp3) is 0.286. The van der Waals surface area contributed by atoms with Crippen molar-refractivity contribution >= 4 is 23.3 Å². The van der Waals surface area contributed by atoms with E-state index in [1.54, 1.807) is 37.3 Å². The van der Waals surface area contributed by atoms with E-state index in [0.29, 0.717) is 23.2 Å². The third-order valence-corrected chi connectivity index (χ3v) is 4.65. The lowest BCUT2D eigenvalue weighted by Crippen LogP contribution is -2.49. The van der Waals surface area contributed by atoms with Gasteiger partial charge in [0.2, 0.25) is 0 Å². The lowest BCUT2D eigenvalue weighted by atomic mass is 9.88. The number of Topliss-reactive ketones (excluding diaryl/α,β-unsaturated/α-hetero) is 1. The summed E-state index contributed by atoms with van der Waals surface area (Å²) in [6.45, 7) is 5.11. The van der Waals surface area contributed by atoms with E-state index in [0.717, 1.165) is 17.5 Å². The number of ketones is 1. The van der Waals surface area contributed by atoms with Crippen LogP contribution in [-0.4, -0.2) is 23.3 Å². The lowest BCUT2D eigenvalue weighted by molar-refractivity contribution is -0.134. The number of rotatable bonds is 4. The number of hydrogen-bond donors (Lipinski definition) is 1. The highest BCUT2D eigenvalue weighted by molar-refractivity contribution is 6.03. The molecule has 134 valence electrons. The Labute approximate surface area is 152 Å². The Balaban J connectivity index is 1.86. The van der Waals surface area contributed by atoms with Crippen LogP contribution in [0.25, 0.3) is 0 Å². The average Bonchev–Trinajstić information content (AvgIpc) is 2.61. The molecular formula is C21H21NO4. The summed E-state index contributed by atoms with van der Waals surface area (Å²) in [5.41, 5.74) is 2.12. The fourth-order valence-corrected chi connectivity index (χ4v) is 3.08. The van der Waals surface area contributed by atoms with Gasteiger partial charge in [0.05, 0.1) is 5.56 Å². The maximum absolute atomic E-state index is 12.8. The van der Waals surface area contributed by atoms with Crippen LogP contribution < -0.4 is 5.32 Å². The summed E-state index contributed by atoms with van der Waals surface area (Å²) in [6.07, 6.45) is 1.16. The van der Waals surface area contributed by atoms with Gasteiger partial charge in [0.25, 0.3) is 5.91 Å².